The number of hydrogen-bond donors (Lipinski definition) is 2. The number of aliphatic hydroxyl groups is 2. The Hall–Kier alpha value is -0.860. The highest BCUT2D eigenvalue weighted by Gasteiger charge is 2.15. The summed E-state index contributed by atoms with van der Waals surface area (Å²) in [4.78, 5) is 0. The molecule has 0 bridgehead atoms. The average Bonchev–Trinajstić information content (AvgIpc) is 2.29. The summed E-state index contributed by atoms with van der Waals surface area (Å²) in [5.74, 6) is 0.0220. The first-order chi connectivity index (χ1) is 7.27. The van der Waals surface area contributed by atoms with Crippen molar-refractivity contribution in [1.29, 1.82) is 0 Å². The van der Waals surface area contributed by atoms with E-state index in [2.05, 4.69) is 12.1 Å². The van der Waals surface area contributed by atoms with Gasteiger partial charge in [0.25, 0.3) is 0 Å². The topological polar surface area (TPSA) is 40.5 Å². The molecule has 0 fully saturated rings. The Kier molecular flexibility index (Phi) is 5.37. The fourth-order valence-electron chi connectivity index (χ4n) is 1.72. The highest BCUT2D eigenvalue weighted by molar-refractivity contribution is 5.14. The Bertz CT molecular complexity index is 254. The van der Waals surface area contributed by atoms with Gasteiger partial charge in [-0.15, -0.1) is 0 Å². The van der Waals surface area contributed by atoms with Gasteiger partial charge >= 0.3 is 0 Å². The van der Waals surface area contributed by atoms with E-state index in [0.717, 1.165) is 19.3 Å². The summed E-state index contributed by atoms with van der Waals surface area (Å²) in [6.45, 7) is 2.07. The lowest BCUT2D eigenvalue weighted by molar-refractivity contribution is 0.0591. The molecule has 2 heteroatoms. The maximum Gasteiger partial charge on any atom is 0.0593 e. The Morgan fingerprint density at radius 2 is 1.87 bits per heavy atom. The summed E-state index contributed by atoms with van der Waals surface area (Å²) in [7, 11) is 0. The lowest BCUT2D eigenvalue weighted by Gasteiger charge is -2.19. The van der Waals surface area contributed by atoms with E-state index >= 15 is 0 Å². The van der Waals surface area contributed by atoms with E-state index in [9.17, 15) is 5.11 Å². The van der Waals surface area contributed by atoms with Crippen LogP contribution in [0.25, 0.3) is 0 Å². The van der Waals surface area contributed by atoms with Gasteiger partial charge in [-0.3, -0.25) is 0 Å². The Balaban J connectivity index is 2.36. The number of aliphatic hydroxyl groups excluding tert-OH is 2. The van der Waals surface area contributed by atoms with Crippen molar-refractivity contribution in [2.45, 2.75) is 32.3 Å². The van der Waals surface area contributed by atoms with Crippen molar-refractivity contribution in [3.8, 4) is 0 Å². The molecule has 1 aromatic carbocycles. The Morgan fingerprint density at radius 1 is 1.20 bits per heavy atom. The maximum absolute atomic E-state index is 9.81. The quantitative estimate of drug-likeness (QED) is 0.750. The van der Waals surface area contributed by atoms with Gasteiger partial charge in [-0.2, -0.15) is 0 Å². The molecule has 0 aliphatic heterocycles. The molecule has 0 aliphatic carbocycles. The van der Waals surface area contributed by atoms with E-state index in [4.69, 9.17) is 5.11 Å². The van der Waals surface area contributed by atoms with Crippen LogP contribution in [0.5, 0.6) is 0 Å². The molecule has 2 nitrogen and oxygen atoms in total. The van der Waals surface area contributed by atoms with Gasteiger partial charge in [-0.05, 0) is 24.8 Å². The molecule has 0 unspecified atom stereocenters. The van der Waals surface area contributed by atoms with Crippen LogP contribution in [-0.2, 0) is 6.42 Å². The first kappa shape index (κ1) is 12.2. The minimum Gasteiger partial charge on any atom is -0.396 e. The van der Waals surface area contributed by atoms with Gasteiger partial charge in [0.2, 0.25) is 0 Å². The Morgan fingerprint density at radius 3 is 2.40 bits per heavy atom. The van der Waals surface area contributed by atoms with Gasteiger partial charge in [0.15, 0.2) is 0 Å². The van der Waals surface area contributed by atoms with E-state index in [1.165, 1.54) is 5.56 Å². The monoisotopic (exact) mass is 208 g/mol. The third-order valence-electron chi connectivity index (χ3n) is 2.87. The number of benzene rings is 1. The summed E-state index contributed by atoms with van der Waals surface area (Å²) < 4.78 is 0. The third kappa shape index (κ3) is 4.02. The van der Waals surface area contributed by atoms with Crippen molar-refractivity contribution < 1.29 is 10.2 Å². The average molecular weight is 208 g/mol. The van der Waals surface area contributed by atoms with Crippen LogP contribution < -0.4 is 0 Å². The van der Waals surface area contributed by atoms with Crippen molar-refractivity contribution >= 4 is 0 Å². The number of aryl methyl sites for hydroxylation is 1. The van der Waals surface area contributed by atoms with Crippen LogP contribution >= 0.6 is 0 Å². The van der Waals surface area contributed by atoms with Crippen molar-refractivity contribution in [1.82, 2.24) is 0 Å². The summed E-state index contributed by atoms with van der Waals surface area (Å²) in [6.07, 6.45) is 2.04. The highest BCUT2D eigenvalue weighted by atomic mass is 16.3. The molecular formula is C13H20O2. The highest BCUT2D eigenvalue weighted by Crippen LogP contribution is 2.14. The van der Waals surface area contributed by atoms with Crippen molar-refractivity contribution in [3.05, 3.63) is 35.9 Å². The van der Waals surface area contributed by atoms with Crippen molar-refractivity contribution in [2.75, 3.05) is 6.61 Å². The normalized spacial score (nSPS) is 14.9. The molecule has 0 radical (unpaired) electrons. The second-order valence-corrected chi connectivity index (χ2v) is 3.94. The zero-order chi connectivity index (χ0) is 11.1. The molecule has 84 valence electrons. The third-order valence-corrected chi connectivity index (χ3v) is 2.87. The summed E-state index contributed by atoms with van der Waals surface area (Å²) in [5.41, 5.74) is 1.24. The zero-order valence-corrected chi connectivity index (χ0v) is 9.26. The van der Waals surface area contributed by atoms with E-state index in [0.29, 0.717) is 0 Å². The minimum atomic E-state index is -0.389. The van der Waals surface area contributed by atoms with E-state index in [-0.39, 0.29) is 18.6 Å². The molecule has 1 aromatic rings. The molecular weight excluding hydrogens is 188 g/mol. The number of rotatable bonds is 6. The predicted octanol–water partition coefficient (Wildman–Crippen LogP) is 2.00. The fraction of sp³-hybridized carbons (Fsp3) is 0.538. The second-order valence-electron chi connectivity index (χ2n) is 3.94. The summed E-state index contributed by atoms with van der Waals surface area (Å²) >= 11 is 0. The van der Waals surface area contributed by atoms with Crippen LogP contribution in [-0.4, -0.2) is 22.9 Å². The van der Waals surface area contributed by atoms with Crippen LogP contribution in [0.4, 0.5) is 0 Å². The molecule has 15 heavy (non-hydrogen) atoms. The Labute approximate surface area is 91.6 Å². The van der Waals surface area contributed by atoms with Gasteiger partial charge in [-0.1, -0.05) is 37.3 Å². The molecule has 0 aromatic heterocycles. The zero-order valence-electron chi connectivity index (χ0n) is 9.26. The van der Waals surface area contributed by atoms with Gasteiger partial charge in [-0.25, -0.2) is 0 Å². The molecule has 0 spiro atoms. The standard InChI is InChI=1S/C13H20O2/c1-2-12(10-14)13(15)9-8-11-6-4-3-5-7-11/h3-7,12-15H,2,8-10H2,1H3/t12-,13-/m1/s1. The SMILES string of the molecule is CC[C@H](CO)[C@H](O)CCc1ccccc1. The molecule has 0 aliphatic rings. The largest absolute Gasteiger partial charge is 0.396 e. The molecule has 0 amide bonds. The van der Waals surface area contributed by atoms with Gasteiger partial charge in [0.1, 0.15) is 0 Å². The predicted molar refractivity (Wildman–Crippen MR) is 61.6 cm³/mol. The van der Waals surface area contributed by atoms with Crippen LogP contribution in [0, 0.1) is 5.92 Å². The summed E-state index contributed by atoms with van der Waals surface area (Å²) in [5, 5.41) is 18.8. The maximum atomic E-state index is 9.81. The van der Waals surface area contributed by atoms with Gasteiger partial charge in [0, 0.05) is 12.5 Å². The van der Waals surface area contributed by atoms with Crippen molar-refractivity contribution in [2.24, 2.45) is 5.92 Å². The van der Waals surface area contributed by atoms with Crippen LogP contribution in [0.1, 0.15) is 25.3 Å². The van der Waals surface area contributed by atoms with Crippen LogP contribution in [0.3, 0.4) is 0 Å². The van der Waals surface area contributed by atoms with Crippen LogP contribution in [0.2, 0.25) is 0 Å². The smallest absolute Gasteiger partial charge is 0.0593 e. The summed E-state index contributed by atoms with van der Waals surface area (Å²) in [6, 6.07) is 10.1. The lowest BCUT2D eigenvalue weighted by Crippen LogP contribution is -2.23. The van der Waals surface area contributed by atoms with E-state index < -0.39 is 0 Å². The number of hydrogen-bond acceptors (Lipinski definition) is 2. The lowest BCUT2D eigenvalue weighted by atomic mass is 9.95. The molecule has 1 rings (SSSR count). The van der Waals surface area contributed by atoms with Crippen LogP contribution in [0.15, 0.2) is 30.3 Å². The van der Waals surface area contributed by atoms with Gasteiger partial charge < -0.3 is 10.2 Å². The van der Waals surface area contributed by atoms with Gasteiger partial charge in [0.05, 0.1) is 6.10 Å². The fourth-order valence-corrected chi connectivity index (χ4v) is 1.72. The molecule has 0 saturated heterocycles. The second kappa shape index (κ2) is 6.59. The molecule has 0 saturated carbocycles. The molecule has 2 N–H and O–H groups in total. The minimum absolute atomic E-state index is 0.0220. The molecule has 2 atom stereocenters. The molecule has 0 heterocycles. The first-order valence-electron chi connectivity index (χ1n) is 5.60. The van der Waals surface area contributed by atoms with E-state index in [1.807, 2.05) is 25.1 Å². The first-order valence-corrected chi connectivity index (χ1v) is 5.60. The van der Waals surface area contributed by atoms with Crippen molar-refractivity contribution in [3.63, 3.8) is 0 Å². The van der Waals surface area contributed by atoms with E-state index in [1.54, 1.807) is 0 Å².